The average molecular weight is 413 g/mol. The third kappa shape index (κ3) is 7.91. The number of hydrogen-bond donors (Lipinski definition) is 2. The second-order valence-electron chi connectivity index (χ2n) is 8.27. The molecule has 0 bridgehead atoms. The van der Waals surface area contributed by atoms with Crippen LogP contribution in [0.2, 0.25) is 0 Å². The van der Waals surface area contributed by atoms with Crippen LogP contribution in [0, 0.1) is 11.8 Å². The molecule has 1 fully saturated rings. The van der Waals surface area contributed by atoms with Gasteiger partial charge in [0.2, 0.25) is 0 Å². The minimum absolute atomic E-state index is 0.0534. The Morgan fingerprint density at radius 3 is 2.63 bits per heavy atom. The lowest BCUT2D eigenvalue weighted by Crippen LogP contribution is -2.16. The molecule has 1 saturated carbocycles. The first-order valence-electron chi connectivity index (χ1n) is 11.4. The molecule has 0 amide bonds. The maximum Gasteiger partial charge on any atom is 0.303 e. The van der Waals surface area contributed by atoms with Gasteiger partial charge in [0.25, 0.3) is 0 Å². The van der Waals surface area contributed by atoms with E-state index in [2.05, 4.69) is 13.0 Å². The predicted molar refractivity (Wildman–Crippen MR) is 121 cm³/mol. The lowest BCUT2D eigenvalue weighted by molar-refractivity contribution is -0.137. The van der Waals surface area contributed by atoms with Crippen LogP contribution in [0.3, 0.4) is 0 Å². The van der Waals surface area contributed by atoms with Gasteiger partial charge in [0.05, 0.1) is 6.10 Å². The van der Waals surface area contributed by atoms with Crippen molar-refractivity contribution in [2.75, 3.05) is 0 Å². The number of hydrogen-bond acceptors (Lipinski definition) is 3. The predicted octanol–water partition coefficient (Wildman–Crippen LogP) is 5.81. The Kier molecular flexibility index (Phi) is 10.6. The number of carboxylic acids is 1. The highest BCUT2D eigenvalue weighted by Gasteiger charge is 2.33. The van der Waals surface area contributed by atoms with Crippen molar-refractivity contribution >= 4 is 17.3 Å². The Hall–Kier alpha value is -2.20. The molecule has 0 spiro atoms. The molecule has 3 atom stereocenters. The largest absolute Gasteiger partial charge is 0.481 e. The van der Waals surface area contributed by atoms with Crippen molar-refractivity contribution in [1.82, 2.24) is 0 Å². The van der Waals surface area contributed by atoms with Crippen LogP contribution in [0.5, 0.6) is 0 Å². The van der Waals surface area contributed by atoms with E-state index < -0.39 is 12.1 Å². The molecule has 4 heteroatoms. The number of aliphatic hydroxyl groups is 1. The third-order valence-corrected chi connectivity index (χ3v) is 5.91. The van der Waals surface area contributed by atoms with Gasteiger partial charge in [0.15, 0.2) is 0 Å². The van der Waals surface area contributed by atoms with Gasteiger partial charge in [-0.3, -0.25) is 9.59 Å². The molecule has 1 aromatic rings. The van der Waals surface area contributed by atoms with Crippen LogP contribution in [-0.4, -0.2) is 28.1 Å². The molecule has 0 saturated heterocycles. The molecular weight excluding hydrogens is 376 g/mol. The molecule has 1 aliphatic rings. The summed E-state index contributed by atoms with van der Waals surface area (Å²) in [6.07, 6.45) is 13.2. The normalized spacial score (nSPS) is 20.7. The van der Waals surface area contributed by atoms with Gasteiger partial charge in [-0.2, -0.15) is 0 Å². The van der Waals surface area contributed by atoms with Gasteiger partial charge < -0.3 is 10.2 Å². The fraction of sp³-hybridized carbons (Fsp3) is 0.538. The number of aliphatic carboxylic acids is 1. The quantitative estimate of drug-likeness (QED) is 0.317. The summed E-state index contributed by atoms with van der Waals surface area (Å²) < 4.78 is 0. The van der Waals surface area contributed by atoms with E-state index in [9.17, 15) is 14.7 Å². The van der Waals surface area contributed by atoms with Crippen molar-refractivity contribution in [2.24, 2.45) is 11.8 Å². The highest BCUT2D eigenvalue weighted by Crippen LogP contribution is 2.36. The molecule has 1 aromatic carbocycles. The topological polar surface area (TPSA) is 74.6 Å². The summed E-state index contributed by atoms with van der Waals surface area (Å²) in [5.41, 5.74) is 1.98. The fourth-order valence-corrected chi connectivity index (χ4v) is 4.18. The van der Waals surface area contributed by atoms with Gasteiger partial charge in [-0.15, -0.1) is 0 Å². The Balaban J connectivity index is 2.09. The summed E-state index contributed by atoms with van der Waals surface area (Å²) in [6, 6.07) is 10.0. The number of carbonyl (C=O) groups excluding carboxylic acids is 1. The number of allylic oxidation sites excluding steroid dienone is 3. The van der Waals surface area contributed by atoms with Gasteiger partial charge in [-0.1, -0.05) is 74.7 Å². The first-order chi connectivity index (χ1) is 14.5. The van der Waals surface area contributed by atoms with Crippen molar-refractivity contribution in [3.05, 3.63) is 54.1 Å². The zero-order valence-electron chi connectivity index (χ0n) is 18.1. The van der Waals surface area contributed by atoms with Crippen LogP contribution in [0.1, 0.15) is 76.7 Å². The summed E-state index contributed by atoms with van der Waals surface area (Å²) in [5, 5.41) is 19.6. The number of aliphatic hydroxyl groups excluding tert-OH is 1. The van der Waals surface area contributed by atoms with E-state index in [1.165, 1.54) is 0 Å². The molecule has 0 aliphatic heterocycles. The van der Waals surface area contributed by atoms with E-state index >= 15 is 0 Å². The minimum atomic E-state index is -0.773. The number of unbranched alkanes of at least 4 members (excludes halogenated alkanes) is 3. The minimum Gasteiger partial charge on any atom is -0.481 e. The van der Waals surface area contributed by atoms with E-state index in [1.807, 2.05) is 42.5 Å². The van der Waals surface area contributed by atoms with Crippen molar-refractivity contribution < 1.29 is 19.8 Å². The highest BCUT2D eigenvalue weighted by atomic mass is 16.4. The standard InChI is InChI=1S/C26H36O4/c1-2-3-7-15-24(27)23(20-12-8-6-9-13-20)19-21-17-18-25(28)22(21)14-10-4-5-11-16-26(29)30/h4,6,8-10,12-13,19,21-22,24,27H,2-3,5,7,11,14-18H2,1H3,(H,29,30)/b10-4-,23-19+/t21-,22-,24-/m1/s1. The lowest BCUT2D eigenvalue weighted by Gasteiger charge is -2.20. The number of carbonyl (C=O) groups is 2. The van der Waals surface area contributed by atoms with Gasteiger partial charge in [-0.05, 0) is 49.2 Å². The zero-order chi connectivity index (χ0) is 21.8. The van der Waals surface area contributed by atoms with Crippen molar-refractivity contribution in [2.45, 2.75) is 77.2 Å². The Morgan fingerprint density at radius 2 is 1.93 bits per heavy atom. The summed E-state index contributed by atoms with van der Waals surface area (Å²) in [7, 11) is 0. The van der Waals surface area contributed by atoms with Gasteiger partial charge in [0.1, 0.15) is 5.78 Å². The molecule has 1 aliphatic carbocycles. The maximum absolute atomic E-state index is 12.5. The number of Topliss-reactive ketones (excluding diaryl/α,β-unsaturated/α-hetero) is 1. The molecule has 0 radical (unpaired) electrons. The van der Waals surface area contributed by atoms with Crippen LogP contribution >= 0.6 is 0 Å². The lowest BCUT2D eigenvalue weighted by atomic mass is 9.86. The molecule has 164 valence electrons. The smallest absolute Gasteiger partial charge is 0.303 e. The fourth-order valence-electron chi connectivity index (χ4n) is 4.18. The molecule has 2 rings (SSSR count). The van der Waals surface area contributed by atoms with Crippen LogP contribution in [0.25, 0.3) is 5.57 Å². The second kappa shape index (κ2) is 13.2. The summed E-state index contributed by atoms with van der Waals surface area (Å²) in [5.74, 6) is -0.399. The van der Waals surface area contributed by atoms with Crippen LogP contribution in [0.4, 0.5) is 0 Å². The maximum atomic E-state index is 12.5. The number of ketones is 1. The number of benzene rings is 1. The first-order valence-corrected chi connectivity index (χ1v) is 11.4. The molecule has 0 aromatic heterocycles. The van der Waals surface area contributed by atoms with Gasteiger partial charge in [-0.25, -0.2) is 0 Å². The Morgan fingerprint density at radius 1 is 1.17 bits per heavy atom. The summed E-state index contributed by atoms with van der Waals surface area (Å²) in [6.45, 7) is 2.16. The number of carboxylic acid groups (broad SMARTS) is 1. The van der Waals surface area contributed by atoms with E-state index in [4.69, 9.17) is 5.11 Å². The molecule has 30 heavy (non-hydrogen) atoms. The van der Waals surface area contributed by atoms with Crippen LogP contribution in [-0.2, 0) is 9.59 Å². The van der Waals surface area contributed by atoms with E-state index in [0.717, 1.165) is 49.7 Å². The molecule has 0 unspecified atom stereocenters. The van der Waals surface area contributed by atoms with Crippen LogP contribution in [0.15, 0.2) is 48.6 Å². The van der Waals surface area contributed by atoms with E-state index in [1.54, 1.807) is 0 Å². The summed E-state index contributed by atoms with van der Waals surface area (Å²) >= 11 is 0. The van der Waals surface area contributed by atoms with Crippen molar-refractivity contribution in [3.63, 3.8) is 0 Å². The Labute approximate surface area is 180 Å². The van der Waals surface area contributed by atoms with E-state index in [0.29, 0.717) is 25.0 Å². The zero-order valence-corrected chi connectivity index (χ0v) is 18.1. The number of rotatable bonds is 13. The first kappa shape index (κ1) is 24.1. The molecule has 0 heterocycles. The molecule has 4 nitrogen and oxygen atoms in total. The van der Waals surface area contributed by atoms with Crippen LogP contribution < -0.4 is 0 Å². The average Bonchev–Trinajstić information content (AvgIpc) is 3.08. The summed E-state index contributed by atoms with van der Waals surface area (Å²) in [4.78, 5) is 23.1. The highest BCUT2D eigenvalue weighted by molar-refractivity contribution is 5.84. The van der Waals surface area contributed by atoms with Gasteiger partial charge in [0, 0.05) is 18.8 Å². The molecule has 2 N–H and O–H groups in total. The van der Waals surface area contributed by atoms with E-state index in [-0.39, 0.29) is 18.3 Å². The van der Waals surface area contributed by atoms with Crippen molar-refractivity contribution in [3.8, 4) is 0 Å². The Bertz CT molecular complexity index is 720. The van der Waals surface area contributed by atoms with Crippen molar-refractivity contribution in [1.29, 1.82) is 0 Å². The second-order valence-corrected chi connectivity index (χ2v) is 8.27. The monoisotopic (exact) mass is 412 g/mol. The van der Waals surface area contributed by atoms with Gasteiger partial charge >= 0.3 is 5.97 Å². The third-order valence-electron chi connectivity index (χ3n) is 5.91. The SMILES string of the molecule is CCCCC[C@@H](O)/C(=C/[C@H]1CCC(=O)[C@@H]1C/C=C\CCCC(=O)O)c1ccccc1. The molecular formula is C26H36O4.